The molecule has 5 aromatic carbocycles. The number of carboxylic acid groups (broad SMARTS) is 1. The number of ether oxygens (including phenoxy) is 2. The summed E-state index contributed by atoms with van der Waals surface area (Å²) in [7, 11) is 7.77. The van der Waals surface area contributed by atoms with Crippen molar-refractivity contribution in [1.29, 1.82) is 0 Å². The number of nitrogens with one attached hydrogen (secondary N) is 3. The van der Waals surface area contributed by atoms with Gasteiger partial charge in [-0.2, -0.15) is 0 Å². The van der Waals surface area contributed by atoms with Gasteiger partial charge in [0.1, 0.15) is 37.9 Å². The summed E-state index contributed by atoms with van der Waals surface area (Å²) in [5.41, 5.74) is 8.62. The predicted molar refractivity (Wildman–Crippen MR) is 266 cm³/mol. The minimum absolute atomic E-state index is 0.0157. The lowest BCUT2D eigenvalue weighted by molar-refractivity contribution is -0.121. The molecule has 0 saturated heterocycles. The molecule has 0 radical (unpaired) electrons. The van der Waals surface area contributed by atoms with Gasteiger partial charge in [-0.1, -0.05) is 42.5 Å². The molecule has 0 atom stereocenters. The maximum atomic E-state index is 13.2. The van der Waals surface area contributed by atoms with E-state index in [-0.39, 0.29) is 56.0 Å². The lowest BCUT2D eigenvalue weighted by Gasteiger charge is -2.19. The summed E-state index contributed by atoms with van der Waals surface area (Å²) in [5.74, 6) is 0.0677. The molecule has 68 heavy (non-hydrogen) atoms. The Hall–Kier alpha value is -7.94. The standard InChI is InChI=1S/C54H51N7O7/c1-60(2)39-18-21-43-47(30-39)68-48-31-40(61(3)4)19-22-44(48)50(43)41-20-15-36(29-45(41)54(64)65)53(63)55-23-24-66-25-26-67-32-49(62)56-37-16-13-33(14-17-37)51-58-46-12-8-7-11-42(46)52(59-51)57-38-27-34-9-5-6-10-35(34)28-38/h5-22,29-31,38H,23-28,32H2,1-4H3,(H3-,55,56,57,58,59,62,63,64,65)/p+1. The van der Waals surface area contributed by atoms with Gasteiger partial charge in [-0.25, -0.2) is 19.3 Å². The normalized spacial score (nSPS) is 12.3. The first-order valence-corrected chi connectivity index (χ1v) is 22.5. The number of rotatable bonds is 16. The summed E-state index contributed by atoms with van der Waals surface area (Å²) in [6.07, 6.45) is 1.88. The van der Waals surface area contributed by atoms with Crippen LogP contribution in [0.4, 0.5) is 17.2 Å². The molecule has 0 saturated carbocycles. The quantitative estimate of drug-likeness (QED) is 0.0428. The number of carbonyl (C=O) groups is 3. The molecule has 344 valence electrons. The number of fused-ring (bicyclic) bond motifs is 4. The Bertz CT molecular complexity index is 3210. The van der Waals surface area contributed by atoms with Crippen molar-refractivity contribution in [1.82, 2.24) is 19.9 Å². The van der Waals surface area contributed by atoms with E-state index in [2.05, 4.69) is 40.2 Å². The van der Waals surface area contributed by atoms with Crippen molar-refractivity contribution in [2.75, 3.05) is 76.7 Å². The van der Waals surface area contributed by atoms with Crippen LogP contribution in [0, 0.1) is 0 Å². The van der Waals surface area contributed by atoms with Crippen molar-refractivity contribution in [2.45, 2.75) is 18.9 Å². The van der Waals surface area contributed by atoms with E-state index in [0.717, 1.165) is 57.1 Å². The Morgan fingerprint density at radius 3 is 2.26 bits per heavy atom. The van der Waals surface area contributed by atoms with E-state index in [1.54, 1.807) is 12.1 Å². The third kappa shape index (κ3) is 9.92. The minimum atomic E-state index is -1.16. The van der Waals surface area contributed by atoms with Crippen LogP contribution in [0.1, 0.15) is 31.8 Å². The summed E-state index contributed by atoms with van der Waals surface area (Å²) in [6, 6.07) is 40.5. The fourth-order valence-corrected chi connectivity index (χ4v) is 8.59. The fourth-order valence-electron chi connectivity index (χ4n) is 8.59. The molecule has 2 amide bonds. The molecule has 9 rings (SSSR count). The fraction of sp³-hybridized carbons (Fsp3) is 0.222. The Kier molecular flexibility index (Phi) is 13.2. The van der Waals surface area contributed by atoms with Crippen LogP contribution in [0.15, 0.2) is 132 Å². The van der Waals surface area contributed by atoms with Gasteiger partial charge in [-0.3, -0.25) is 9.59 Å². The summed E-state index contributed by atoms with van der Waals surface area (Å²) in [4.78, 5) is 50.5. The van der Waals surface area contributed by atoms with E-state index in [1.165, 1.54) is 17.2 Å². The van der Waals surface area contributed by atoms with Crippen LogP contribution in [-0.4, -0.2) is 100 Å². The zero-order chi connectivity index (χ0) is 47.3. The molecule has 1 aromatic heterocycles. The van der Waals surface area contributed by atoms with Gasteiger partial charge in [0, 0.05) is 83.2 Å². The van der Waals surface area contributed by atoms with E-state index in [0.29, 0.717) is 34.0 Å². The van der Waals surface area contributed by atoms with Crippen LogP contribution in [0.5, 0.6) is 0 Å². The summed E-state index contributed by atoms with van der Waals surface area (Å²) < 4.78 is 19.6. The first-order valence-electron chi connectivity index (χ1n) is 22.5. The Balaban J connectivity index is 0.752. The van der Waals surface area contributed by atoms with Crippen LogP contribution in [0.2, 0.25) is 0 Å². The van der Waals surface area contributed by atoms with E-state index < -0.39 is 11.9 Å². The highest BCUT2D eigenvalue weighted by atomic mass is 16.5. The van der Waals surface area contributed by atoms with Gasteiger partial charge in [0.05, 0.1) is 37.0 Å². The molecule has 0 spiro atoms. The molecule has 3 aliphatic rings. The van der Waals surface area contributed by atoms with Crippen molar-refractivity contribution in [3.8, 4) is 33.8 Å². The SMILES string of the molecule is CN(C)c1ccc2c(-c3ccc(C(=O)NCCOCCOCC(=O)Nc4ccc(-c5nc(NC6Cc7ccccc7C6)c6ccccc6n5)cc4)cc3C(=O)O)c3ccc(=[N+](C)C)cc-3oc2c1. The minimum Gasteiger partial charge on any atom is -0.478 e. The molecule has 0 fully saturated rings. The number of para-hydroxylation sites is 1. The lowest BCUT2D eigenvalue weighted by Crippen LogP contribution is -2.28. The number of aromatic carboxylic acids is 1. The molecular formula is C54H52N7O7+. The number of anilines is 3. The van der Waals surface area contributed by atoms with Gasteiger partial charge >= 0.3 is 5.97 Å². The number of carbonyl (C=O) groups excluding carboxylic acids is 2. The van der Waals surface area contributed by atoms with Crippen LogP contribution in [-0.2, 0) is 27.1 Å². The van der Waals surface area contributed by atoms with Crippen molar-refractivity contribution in [2.24, 2.45) is 0 Å². The average Bonchev–Trinajstić information content (AvgIpc) is 3.76. The molecule has 2 heterocycles. The third-order valence-corrected chi connectivity index (χ3v) is 12.1. The van der Waals surface area contributed by atoms with E-state index in [4.69, 9.17) is 23.9 Å². The van der Waals surface area contributed by atoms with Gasteiger partial charge in [0.25, 0.3) is 5.91 Å². The highest BCUT2D eigenvalue weighted by molar-refractivity contribution is 6.09. The van der Waals surface area contributed by atoms with Crippen LogP contribution in [0.25, 0.3) is 55.7 Å². The van der Waals surface area contributed by atoms with Crippen LogP contribution < -0.4 is 30.8 Å². The number of nitrogens with zero attached hydrogens (tertiary/aromatic N) is 4. The van der Waals surface area contributed by atoms with Gasteiger partial charge < -0.3 is 39.8 Å². The molecule has 2 aliphatic carbocycles. The highest BCUT2D eigenvalue weighted by Crippen LogP contribution is 2.42. The molecule has 4 N–H and O–H groups in total. The number of hydrogen-bond donors (Lipinski definition) is 4. The van der Waals surface area contributed by atoms with Gasteiger partial charge in [-0.15, -0.1) is 0 Å². The Morgan fingerprint density at radius 1 is 0.779 bits per heavy atom. The molecule has 0 bridgehead atoms. The Labute approximate surface area is 393 Å². The topological polar surface area (TPSA) is 171 Å². The predicted octanol–water partition coefficient (Wildman–Crippen LogP) is 7.59. The molecule has 14 nitrogen and oxygen atoms in total. The second-order valence-electron chi connectivity index (χ2n) is 17.2. The second kappa shape index (κ2) is 19.9. The smallest absolute Gasteiger partial charge is 0.336 e. The first kappa shape index (κ1) is 45.2. The number of hydrogen-bond acceptors (Lipinski definition) is 10. The molecule has 1 aliphatic heterocycles. The van der Waals surface area contributed by atoms with Gasteiger partial charge in [0.2, 0.25) is 11.3 Å². The van der Waals surface area contributed by atoms with E-state index in [1.807, 2.05) is 123 Å². The van der Waals surface area contributed by atoms with Crippen LogP contribution >= 0.6 is 0 Å². The summed E-state index contributed by atoms with van der Waals surface area (Å²) >= 11 is 0. The molecule has 0 unspecified atom stereocenters. The number of carboxylic acids is 1. The van der Waals surface area contributed by atoms with Crippen molar-refractivity contribution >= 4 is 56.8 Å². The van der Waals surface area contributed by atoms with Gasteiger partial charge in [-0.05, 0) is 96.3 Å². The maximum absolute atomic E-state index is 13.2. The maximum Gasteiger partial charge on any atom is 0.336 e. The number of amides is 2. The highest BCUT2D eigenvalue weighted by Gasteiger charge is 2.25. The first-order chi connectivity index (χ1) is 33.0. The Morgan fingerprint density at radius 2 is 1.51 bits per heavy atom. The zero-order valence-corrected chi connectivity index (χ0v) is 38.3. The van der Waals surface area contributed by atoms with E-state index >= 15 is 0 Å². The molecule has 14 heteroatoms. The van der Waals surface area contributed by atoms with Gasteiger partial charge in [0.15, 0.2) is 5.82 Å². The monoisotopic (exact) mass is 910 g/mol. The van der Waals surface area contributed by atoms with Crippen molar-refractivity contribution < 1.29 is 33.4 Å². The average molecular weight is 911 g/mol. The largest absolute Gasteiger partial charge is 0.478 e. The lowest BCUT2D eigenvalue weighted by atomic mass is 9.89. The number of benzene rings is 6. The van der Waals surface area contributed by atoms with Crippen LogP contribution in [0.3, 0.4) is 0 Å². The zero-order valence-electron chi connectivity index (χ0n) is 38.3. The third-order valence-electron chi connectivity index (χ3n) is 12.1. The number of aromatic nitrogens is 2. The molecular weight excluding hydrogens is 859 g/mol. The van der Waals surface area contributed by atoms with E-state index in [9.17, 15) is 19.5 Å². The summed E-state index contributed by atoms with van der Waals surface area (Å²) in [5, 5.41) is 22.4. The summed E-state index contributed by atoms with van der Waals surface area (Å²) in [6.45, 7) is 0.545. The second-order valence-corrected chi connectivity index (χ2v) is 17.2. The molecule has 6 aromatic rings. The van der Waals surface area contributed by atoms with Crippen molar-refractivity contribution in [3.05, 3.63) is 155 Å². The van der Waals surface area contributed by atoms with Crippen molar-refractivity contribution in [3.63, 3.8) is 0 Å².